The van der Waals surface area contributed by atoms with E-state index in [4.69, 9.17) is 0 Å². The van der Waals surface area contributed by atoms with E-state index < -0.39 is 27.8 Å². The maximum atomic E-state index is 12.1. The van der Waals surface area contributed by atoms with Gasteiger partial charge < -0.3 is 10.2 Å². The summed E-state index contributed by atoms with van der Waals surface area (Å²) in [5, 5.41) is 21.2. The van der Waals surface area contributed by atoms with E-state index in [0.29, 0.717) is 0 Å². The Hall–Kier alpha value is -1.35. The Balaban J connectivity index is 3.78. The summed E-state index contributed by atoms with van der Waals surface area (Å²) >= 11 is 0. The molecule has 0 spiro atoms. The first-order chi connectivity index (χ1) is 9.30. The highest BCUT2D eigenvalue weighted by Gasteiger charge is 2.64. The predicted molar refractivity (Wildman–Crippen MR) is 85.3 cm³/mol. The fourth-order valence-corrected chi connectivity index (χ4v) is 3.24. The number of carboxylic acid groups (broad SMARTS) is 1. The predicted octanol–water partition coefficient (Wildman–Crippen LogP) is 3.85. The van der Waals surface area contributed by atoms with Gasteiger partial charge in [-0.15, -0.1) is 0 Å². The van der Waals surface area contributed by atoms with Crippen molar-refractivity contribution in [1.82, 2.24) is 0 Å². The maximum absolute atomic E-state index is 12.1. The number of hydrogen-bond acceptors (Lipinski definition) is 2. The van der Waals surface area contributed by atoms with Gasteiger partial charge in [-0.05, 0) is 11.0 Å². The fraction of sp³-hybridized carbons (Fsp3) is 0.611. The molecule has 0 radical (unpaired) electrons. The van der Waals surface area contributed by atoms with Crippen LogP contribution in [0.1, 0.15) is 54.0 Å². The molecule has 3 heteroatoms. The minimum Gasteiger partial charge on any atom is -0.479 e. The molecule has 0 amide bonds. The highest BCUT2D eigenvalue weighted by atomic mass is 16.4. The molecule has 0 bridgehead atoms. The standard InChI is InChI=1S/C18H28O3/c1-15(2,3)17(7,13-11-9-8-10-12-13)18(21,14(19)20)16(4,5)6/h8-12,21H,1-7H3,(H,19,20). The van der Waals surface area contributed by atoms with Crippen LogP contribution in [0, 0.1) is 10.8 Å². The van der Waals surface area contributed by atoms with Crippen LogP contribution >= 0.6 is 0 Å². The van der Waals surface area contributed by atoms with Gasteiger partial charge in [0.1, 0.15) is 0 Å². The van der Waals surface area contributed by atoms with Crippen molar-refractivity contribution in [3.05, 3.63) is 35.9 Å². The van der Waals surface area contributed by atoms with Crippen LogP contribution in [0.25, 0.3) is 0 Å². The summed E-state index contributed by atoms with van der Waals surface area (Å²) in [4.78, 5) is 12.1. The van der Waals surface area contributed by atoms with Gasteiger partial charge >= 0.3 is 5.97 Å². The number of carboxylic acids is 1. The molecule has 1 rings (SSSR count). The maximum Gasteiger partial charge on any atom is 0.337 e. The molecule has 118 valence electrons. The molecule has 0 saturated heterocycles. The zero-order chi connectivity index (χ0) is 16.7. The zero-order valence-electron chi connectivity index (χ0n) is 14.2. The third-order valence-electron chi connectivity index (χ3n) is 4.97. The average molecular weight is 292 g/mol. The Morgan fingerprint density at radius 3 is 1.57 bits per heavy atom. The number of hydrogen-bond donors (Lipinski definition) is 2. The molecule has 1 aromatic carbocycles. The lowest BCUT2D eigenvalue weighted by atomic mass is 9.49. The van der Waals surface area contributed by atoms with E-state index >= 15 is 0 Å². The van der Waals surface area contributed by atoms with Crippen LogP contribution in [0.2, 0.25) is 0 Å². The van der Waals surface area contributed by atoms with Gasteiger partial charge in [0.2, 0.25) is 0 Å². The van der Waals surface area contributed by atoms with Crippen molar-refractivity contribution < 1.29 is 15.0 Å². The van der Waals surface area contributed by atoms with Gasteiger partial charge in [-0.2, -0.15) is 0 Å². The summed E-state index contributed by atoms with van der Waals surface area (Å²) in [6.07, 6.45) is 0. The Kier molecular flexibility index (Phi) is 4.32. The number of carbonyl (C=O) groups is 1. The second-order valence-electron chi connectivity index (χ2n) is 8.01. The van der Waals surface area contributed by atoms with Gasteiger partial charge in [0, 0.05) is 10.8 Å². The second kappa shape index (κ2) is 5.13. The molecule has 0 aliphatic carbocycles. The largest absolute Gasteiger partial charge is 0.479 e. The van der Waals surface area contributed by atoms with Crippen molar-refractivity contribution in [3.63, 3.8) is 0 Å². The molecule has 2 N–H and O–H groups in total. The highest BCUT2D eigenvalue weighted by molar-refractivity contribution is 5.81. The zero-order valence-corrected chi connectivity index (χ0v) is 14.2. The summed E-state index contributed by atoms with van der Waals surface area (Å²) in [6, 6.07) is 9.44. The van der Waals surface area contributed by atoms with Gasteiger partial charge in [-0.25, -0.2) is 4.79 Å². The SMILES string of the molecule is CC(C)(C)C(O)(C(=O)O)C(C)(c1ccccc1)C(C)(C)C. The molecule has 0 aliphatic heterocycles. The lowest BCUT2D eigenvalue weighted by molar-refractivity contribution is -0.196. The molecule has 21 heavy (non-hydrogen) atoms. The number of aliphatic carboxylic acids is 1. The van der Waals surface area contributed by atoms with Crippen molar-refractivity contribution in [1.29, 1.82) is 0 Å². The van der Waals surface area contributed by atoms with Crippen LogP contribution in [0.4, 0.5) is 0 Å². The van der Waals surface area contributed by atoms with Crippen LogP contribution in [0.3, 0.4) is 0 Å². The Labute approximate surface area is 128 Å². The van der Waals surface area contributed by atoms with Crippen molar-refractivity contribution >= 4 is 5.97 Å². The molecule has 0 aromatic heterocycles. The monoisotopic (exact) mass is 292 g/mol. The summed E-state index contributed by atoms with van der Waals surface area (Å²) in [6.45, 7) is 13.1. The lowest BCUT2D eigenvalue weighted by Gasteiger charge is -2.56. The first-order valence-electron chi connectivity index (χ1n) is 7.31. The fourth-order valence-electron chi connectivity index (χ4n) is 3.24. The normalized spacial score (nSPS) is 18.7. The third kappa shape index (κ3) is 2.48. The summed E-state index contributed by atoms with van der Waals surface area (Å²) in [5.74, 6) is -1.18. The molecular weight excluding hydrogens is 264 g/mol. The van der Waals surface area contributed by atoms with E-state index in [9.17, 15) is 15.0 Å². The minimum absolute atomic E-state index is 0.450. The van der Waals surface area contributed by atoms with E-state index in [1.54, 1.807) is 20.8 Å². The molecule has 0 heterocycles. The third-order valence-corrected chi connectivity index (χ3v) is 4.97. The summed E-state index contributed by atoms with van der Waals surface area (Å²) in [7, 11) is 0. The number of benzene rings is 1. The van der Waals surface area contributed by atoms with E-state index in [1.165, 1.54) is 0 Å². The van der Waals surface area contributed by atoms with Crippen molar-refractivity contribution in [2.75, 3.05) is 0 Å². The topological polar surface area (TPSA) is 57.5 Å². The number of rotatable bonds is 3. The first-order valence-corrected chi connectivity index (χ1v) is 7.31. The van der Waals surface area contributed by atoms with Crippen LogP contribution in [-0.2, 0) is 10.2 Å². The molecule has 1 aromatic rings. The van der Waals surface area contributed by atoms with Crippen LogP contribution in [0.15, 0.2) is 30.3 Å². The lowest BCUT2D eigenvalue weighted by Crippen LogP contribution is -2.67. The van der Waals surface area contributed by atoms with Gasteiger partial charge in [0.05, 0.1) is 0 Å². The molecule has 0 aliphatic rings. The molecule has 3 nitrogen and oxygen atoms in total. The summed E-state index contributed by atoms with van der Waals surface area (Å²) in [5.41, 5.74) is -3.30. The summed E-state index contributed by atoms with van der Waals surface area (Å²) < 4.78 is 0. The van der Waals surface area contributed by atoms with E-state index in [-0.39, 0.29) is 0 Å². The van der Waals surface area contributed by atoms with Gasteiger partial charge in [-0.3, -0.25) is 0 Å². The molecule has 0 fully saturated rings. The van der Waals surface area contributed by atoms with E-state index in [0.717, 1.165) is 5.56 Å². The smallest absolute Gasteiger partial charge is 0.337 e. The Bertz CT molecular complexity index is 508. The Morgan fingerprint density at radius 1 is 0.857 bits per heavy atom. The van der Waals surface area contributed by atoms with Crippen molar-refractivity contribution in [2.24, 2.45) is 10.8 Å². The van der Waals surface area contributed by atoms with Gasteiger partial charge in [-0.1, -0.05) is 78.8 Å². The average Bonchev–Trinajstić information content (AvgIpc) is 2.34. The van der Waals surface area contributed by atoms with Gasteiger partial charge in [0.15, 0.2) is 5.60 Å². The van der Waals surface area contributed by atoms with E-state index in [2.05, 4.69) is 0 Å². The van der Waals surface area contributed by atoms with Crippen molar-refractivity contribution in [2.45, 2.75) is 59.5 Å². The van der Waals surface area contributed by atoms with Gasteiger partial charge in [0.25, 0.3) is 0 Å². The quantitative estimate of drug-likeness (QED) is 0.889. The number of aliphatic hydroxyl groups is 1. The van der Waals surface area contributed by atoms with Crippen LogP contribution in [0.5, 0.6) is 0 Å². The second-order valence-corrected chi connectivity index (χ2v) is 8.01. The molecule has 0 saturated carbocycles. The first kappa shape index (κ1) is 17.7. The molecule has 2 atom stereocenters. The molecule has 2 unspecified atom stereocenters. The Morgan fingerprint density at radius 2 is 1.29 bits per heavy atom. The highest BCUT2D eigenvalue weighted by Crippen LogP contribution is 2.55. The van der Waals surface area contributed by atoms with E-state index in [1.807, 2.05) is 58.0 Å². The van der Waals surface area contributed by atoms with Crippen molar-refractivity contribution in [3.8, 4) is 0 Å². The van der Waals surface area contributed by atoms with Crippen LogP contribution in [-0.4, -0.2) is 21.8 Å². The minimum atomic E-state index is -1.90. The van der Waals surface area contributed by atoms with Crippen LogP contribution < -0.4 is 0 Å². The molecular formula is C18H28O3.